The minimum absolute atomic E-state index is 0.0226. The summed E-state index contributed by atoms with van der Waals surface area (Å²) < 4.78 is 6.72. The summed E-state index contributed by atoms with van der Waals surface area (Å²) in [6.07, 6.45) is 0.542. The summed E-state index contributed by atoms with van der Waals surface area (Å²) in [6.45, 7) is 5.73. The molecule has 0 unspecified atom stereocenters. The van der Waals surface area contributed by atoms with Gasteiger partial charge in [0, 0.05) is 13.5 Å². The number of amides is 1. The number of nitrogens with one attached hydrogen (secondary N) is 1. The molecule has 0 bridgehead atoms. The molecule has 0 saturated heterocycles. The van der Waals surface area contributed by atoms with E-state index >= 15 is 0 Å². The van der Waals surface area contributed by atoms with Crippen molar-refractivity contribution in [3.8, 4) is 0 Å². The van der Waals surface area contributed by atoms with Gasteiger partial charge in [-0.25, -0.2) is 4.79 Å². The highest BCUT2D eigenvalue weighted by Crippen LogP contribution is 2.22. The van der Waals surface area contributed by atoms with Gasteiger partial charge in [0.1, 0.15) is 11.4 Å². The van der Waals surface area contributed by atoms with Crippen LogP contribution in [-0.4, -0.2) is 39.7 Å². The van der Waals surface area contributed by atoms with Gasteiger partial charge in [-0.15, -0.1) is 0 Å². The van der Waals surface area contributed by atoms with Gasteiger partial charge >= 0.3 is 11.7 Å². The number of hydrogen-bond donors (Lipinski definition) is 1. The molecule has 0 saturated carbocycles. The molecule has 1 N–H and O–H groups in total. The smallest absolute Gasteiger partial charge is 0.338 e. The van der Waals surface area contributed by atoms with Crippen molar-refractivity contribution in [2.45, 2.75) is 33.7 Å². The fourth-order valence-electron chi connectivity index (χ4n) is 2.61. The number of nitro groups is 1. The van der Waals surface area contributed by atoms with Gasteiger partial charge in [-0.1, -0.05) is 12.1 Å². The third-order valence-corrected chi connectivity index (χ3v) is 3.98. The lowest BCUT2D eigenvalue weighted by Crippen LogP contribution is -2.22. The number of ether oxygens (including phenoxy) is 1. The molecule has 2 rings (SSSR count). The quantitative estimate of drug-likeness (QED) is 0.327. The first kappa shape index (κ1) is 20.1. The third kappa shape index (κ3) is 5.37. The predicted molar refractivity (Wildman–Crippen MR) is 97.5 cm³/mol. The summed E-state index contributed by atoms with van der Waals surface area (Å²) in [5.74, 6) is -0.559. The second kappa shape index (κ2) is 8.93. The molecular formula is C18H22N4O5. The number of aryl methyl sites for hydroxylation is 1. The van der Waals surface area contributed by atoms with E-state index in [9.17, 15) is 19.7 Å². The Hall–Kier alpha value is -3.23. The van der Waals surface area contributed by atoms with Crippen molar-refractivity contribution in [3.05, 3.63) is 56.9 Å². The Morgan fingerprint density at radius 1 is 1.26 bits per heavy atom. The fourth-order valence-corrected chi connectivity index (χ4v) is 2.61. The largest absolute Gasteiger partial charge is 0.462 e. The van der Waals surface area contributed by atoms with E-state index in [1.807, 2.05) is 0 Å². The van der Waals surface area contributed by atoms with E-state index in [0.717, 1.165) is 5.56 Å². The zero-order valence-electron chi connectivity index (χ0n) is 15.5. The van der Waals surface area contributed by atoms with Crippen LogP contribution in [0.15, 0.2) is 24.3 Å². The zero-order valence-corrected chi connectivity index (χ0v) is 15.5. The molecule has 0 atom stereocenters. The van der Waals surface area contributed by atoms with Gasteiger partial charge < -0.3 is 10.1 Å². The summed E-state index contributed by atoms with van der Waals surface area (Å²) in [7, 11) is 0. The average molecular weight is 374 g/mol. The molecule has 1 amide bonds. The zero-order chi connectivity index (χ0) is 20.0. The predicted octanol–water partition coefficient (Wildman–Crippen LogP) is 2.14. The molecule has 0 spiro atoms. The van der Waals surface area contributed by atoms with Crippen LogP contribution in [-0.2, 0) is 16.1 Å². The van der Waals surface area contributed by atoms with Crippen molar-refractivity contribution in [2.75, 3.05) is 13.2 Å². The molecule has 1 aromatic heterocycles. The summed E-state index contributed by atoms with van der Waals surface area (Å²) in [6, 6.07) is 6.81. The van der Waals surface area contributed by atoms with Crippen molar-refractivity contribution in [1.82, 2.24) is 15.1 Å². The Labute approximate surface area is 156 Å². The molecule has 27 heavy (non-hydrogen) atoms. The minimum Gasteiger partial charge on any atom is -0.462 e. The van der Waals surface area contributed by atoms with Gasteiger partial charge in [0.2, 0.25) is 5.91 Å². The third-order valence-electron chi connectivity index (χ3n) is 3.98. The molecule has 0 fully saturated rings. The average Bonchev–Trinajstić information content (AvgIpc) is 2.88. The van der Waals surface area contributed by atoms with Gasteiger partial charge in [-0.3, -0.25) is 19.6 Å². The van der Waals surface area contributed by atoms with Crippen LogP contribution in [0, 0.1) is 24.0 Å². The van der Waals surface area contributed by atoms with Crippen LogP contribution in [0.25, 0.3) is 0 Å². The Morgan fingerprint density at radius 2 is 1.93 bits per heavy atom. The first-order valence-electron chi connectivity index (χ1n) is 8.48. The summed E-state index contributed by atoms with van der Waals surface area (Å²) in [5.41, 5.74) is 2.15. The molecule has 0 aliphatic carbocycles. The van der Waals surface area contributed by atoms with Crippen LogP contribution < -0.4 is 5.32 Å². The molecule has 0 radical (unpaired) electrons. The van der Waals surface area contributed by atoms with E-state index < -0.39 is 10.9 Å². The van der Waals surface area contributed by atoms with E-state index in [4.69, 9.17) is 4.74 Å². The second-order valence-corrected chi connectivity index (χ2v) is 6.10. The highest BCUT2D eigenvalue weighted by molar-refractivity contribution is 5.89. The van der Waals surface area contributed by atoms with Crippen molar-refractivity contribution < 1.29 is 19.2 Å². The van der Waals surface area contributed by atoms with Crippen LogP contribution in [0.1, 0.15) is 40.7 Å². The molecule has 9 nitrogen and oxygen atoms in total. The maximum atomic E-state index is 12.0. The fraction of sp³-hybridized carbons (Fsp3) is 0.389. The number of carbonyl (C=O) groups excluding carboxylic acids is 2. The van der Waals surface area contributed by atoms with Crippen LogP contribution in [0.3, 0.4) is 0 Å². The van der Waals surface area contributed by atoms with Gasteiger partial charge in [0.25, 0.3) is 0 Å². The van der Waals surface area contributed by atoms with Crippen LogP contribution in [0.5, 0.6) is 0 Å². The molecule has 144 valence electrons. The SMILES string of the molecule is CC(=O)NCCCOC(=O)c1ccc(Cn2nc(C)c([N+](=O)[O-])c2C)cc1. The molecule has 9 heteroatoms. The lowest BCUT2D eigenvalue weighted by molar-refractivity contribution is -0.386. The van der Waals surface area contributed by atoms with Crippen LogP contribution in [0.4, 0.5) is 5.69 Å². The lowest BCUT2D eigenvalue weighted by atomic mass is 10.1. The van der Waals surface area contributed by atoms with Crippen molar-refractivity contribution in [3.63, 3.8) is 0 Å². The monoisotopic (exact) mass is 374 g/mol. The van der Waals surface area contributed by atoms with Crippen LogP contribution in [0.2, 0.25) is 0 Å². The number of nitrogens with zero attached hydrogens (tertiary/aromatic N) is 3. The van der Waals surface area contributed by atoms with Crippen molar-refractivity contribution >= 4 is 17.6 Å². The van der Waals surface area contributed by atoms with Gasteiger partial charge in [-0.05, 0) is 38.0 Å². The topological polar surface area (TPSA) is 116 Å². The standard InChI is InChI=1S/C18H22N4O5/c1-12-17(22(25)26)13(2)21(20-12)11-15-5-7-16(8-6-15)18(24)27-10-4-9-19-14(3)23/h5-8H,4,9-11H2,1-3H3,(H,19,23). The van der Waals surface area contributed by atoms with E-state index in [1.165, 1.54) is 6.92 Å². The van der Waals surface area contributed by atoms with Gasteiger partial charge in [0.15, 0.2) is 0 Å². The molecule has 0 aliphatic rings. The first-order chi connectivity index (χ1) is 12.8. The first-order valence-corrected chi connectivity index (χ1v) is 8.48. The van der Waals surface area contributed by atoms with Crippen LogP contribution >= 0.6 is 0 Å². The highest BCUT2D eigenvalue weighted by Gasteiger charge is 2.21. The van der Waals surface area contributed by atoms with E-state index in [1.54, 1.807) is 42.8 Å². The molecule has 2 aromatic rings. The van der Waals surface area contributed by atoms with E-state index in [0.29, 0.717) is 36.5 Å². The minimum atomic E-state index is -0.439. The number of carbonyl (C=O) groups is 2. The number of hydrogen-bond acceptors (Lipinski definition) is 6. The summed E-state index contributed by atoms with van der Waals surface area (Å²) >= 11 is 0. The number of esters is 1. The Bertz CT molecular complexity index is 842. The molecule has 1 aromatic carbocycles. The van der Waals surface area contributed by atoms with Crippen molar-refractivity contribution in [1.29, 1.82) is 0 Å². The Kier molecular flexibility index (Phi) is 6.64. The summed E-state index contributed by atoms with van der Waals surface area (Å²) in [4.78, 5) is 33.4. The van der Waals surface area contributed by atoms with Crippen molar-refractivity contribution in [2.24, 2.45) is 0 Å². The lowest BCUT2D eigenvalue weighted by Gasteiger charge is -2.07. The van der Waals surface area contributed by atoms with E-state index in [2.05, 4.69) is 10.4 Å². The number of aromatic nitrogens is 2. The van der Waals surface area contributed by atoms with Gasteiger partial charge in [-0.2, -0.15) is 5.10 Å². The molecular weight excluding hydrogens is 352 g/mol. The number of rotatable bonds is 8. The Morgan fingerprint density at radius 3 is 2.48 bits per heavy atom. The van der Waals surface area contributed by atoms with E-state index in [-0.39, 0.29) is 18.2 Å². The summed E-state index contributed by atoms with van der Waals surface area (Å²) in [5, 5.41) is 17.9. The Balaban J connectivity index is 1.93. The highest BCUT2D eigenvalue weighted by atomic mass is 16.6. The van der Waals surface area contributed by atoms with Gasteiger partial charge in [0.05, 0.1) is 23.6 Å². The maximum absolute atomic E-state index is 12.0. The molecule has 0 aliphatic heterocycles. The number of benzene rings is 1. The normalized spacial score (nSPS) is 10.5. The second-order valence-electron chi connectivity index (χ2n) is 6.10. The molecule has 1 heterocycles. The maximum Gasteiger partial charge on any atom is 0.338 e.